The summed E-state index contributed by atoms with van der Waals surface area (Å²) in [6, 6.07) is 18.0. The summed E-state index contributed by atoms with van der Waals surface area (Å²) in [5.74, 6) is 0.736. The highest BCUT2D eigenvalue weighted by Gasteiger charge is 2.24. The van der Waals surface area contributed by atoms with Gasteiger partial charge in [-0.1, -0.05) is 75.4 Å². The summed E-state index contributed by atoms with van der Waals surface area (Å²) in [7, 11) is -3.36. The van der Waals surface area contributed by atoms with Gasteiger partial charge in [0, 0.05) is 23.3 Å². The fourth-order valence-electron chi connectivity index (χ4n) is 3.08. The summed E-state index contributed by atoms with van der Waals surface area (Å²) in [5, 5.41) is 3.99. The molecule has 0 aliphatic heterocycles. The molecule has 0 aliphatic rings. The van der Waals surface area contributed by atoms with Crippen molar-refractivity contribution in [2.24, 2.45) is 0 Å². The van der Waals surface area contributed by atoms with Crippen molar-refractivity contribution >= 4 is 15.7 Å². The van der Waals surface area contributed by atoms with Crippen LogP contribution in [0.15, 0.2) is 78.3 Å². The van der Waals surface area contributed by atoms with Crippen molar-refractivity contribution in [1.29, 1.82) is 0 Å². The van der Waals surface area contributed by atoms with Crippen LogP contribution in [-0.4, -0.2) is 36.6 Å². The van der Waals surface area contributed by atoms with Crippen molar-refractivity contribution in [2.45, 2.75) is 38.6 Å². The summed E-state index contributed by atoms with van der Waals surface area (Å²) < 4.78 is 29.3. The van der Waals surface area contributed by atoms with Gasteiger partial charge in [0.1, 0.15) is 17.1 Å². The molecule has 1 atom stereocenters. The van der Waals surface area contributed by atoms with Gasteiger partial charge in [-0.05, 0) is 24.1 Å². The third-order valence-corrected chi connectivity index (χ3v) is 5.45. The van der Waals surface area contributed by atoms with Crippen molar-refractivity contribution < 1.29 is 17.9 Å². The normalized spacial score (nSPS) is 12.9. The molecule has 1 unspecified atom stereocenters. The topological polar surface area (TPSA) is 98.2 Å². The smallest absolute Gasteiger partial charge is 0.258 e. The fraction of sp³-hybridized carbons (Fsp3) is 0.269. The van der Waals surface area contributed by atoms with Crippen LogP contribution in [0, 0.1) is 0 Å². The SMILES string of the molecule is CC(C)(C)c1ncc(C(=O)NC(/C=C\S(C)(=O)=O)Cc2ccccc2)c(Oc2ccccc2)n1. The minimum atomic E-state index is -3.36. The van der Waals surface area contributed by atoms with E-state index in [1.807, 2.05) is 69.3 Å². The molecule has 0 radical (unpaired) electrons. The van der Waals surface area contributed by atoms with Gasteiger partial charge >= 0.3 is 0 Å². The molecule has 0 saturated carbocycles. The highest BCUT2D eigenvalue weighted by atomic mass is 32.2. The van der Waals surface area contributed by atoms with Gasteiger partial charge in [-0.2, -0.15) is 4.98 Å². The first kappa shape index (κ1) is 25.1. The summed E-state index contributed by atoms with van der Waals surface area (Å²) >= 11 is 0. The van der Waals surface area contributed by atoms with Gasteiger partial charge in [0.2, 0.25) is 5.88 Å². The number of rotatable bonds is 8. The van der Waals surface area contributed by atoms with E-state index in [0.717, 1.165) is 17.2 Å². The number of carbonyl (C=O) groups is 1. The Bertz CT molecular complexity index is 1250. The van der Waals surface area contributed by atoms with E-state index in [-0.39, 0.29) is 16.9 Å². The van der Waals surface area contributed by atoms with Gasteiger partial charge in [-0.25, -0.2) is 13.4 Å². The van der Waals surface area contributed by atoms with Crippen molar-refractivity contribution in [1.82, 2.24) is 15.3 Å². The number of carbonyl (C=O) groups excluding carboxylic acids is 1. The second-order valence-electron chi connectivity index (χ2n) is 9.01. The van der Waals surface area contributed by atoms with E-state index in [4.69, 9.17) is 4.74 Å². The van der Waals surface area contributed by atoms with Gasteiger partial charge < -0.3 is 10.1 Å². The summed E-state index contributed by atoms with van der Waals surface area (Å²) in [6.45, 7) is 5.92. The average Bonchev–Trinajstić information content (AvgIpc) is 2.77. The molecule has 0 saturated heterocycles. The zero-order chi connectivity index (χ0) is 24.8. The standard InChI is InChI=1S/C26H29N3O4S/c1-26(2,3)25-27-18-22(24(29-25)33-21-13-9-6-10-14-21)23(30)28-20(15-16-34(4,31)32)17-19-11-7-5-8-12-19/h5-16,18,20H,17H2,1-4H3,(H,28,30)/b16-15-. The monoisotopic (exact) mass is 479 g/mol. The number of nitrogens with one attached hydrogen (secondary N) is 1. The van der Waals surface area contributed by atoms with Crippen LogP contribution in [0.2, 0.25) is 0 Å². The third kappa shape index (κ3) is 7.52. The van der Waals surface area contributed by atoms with E-state index in [0.29, 0.717) is 18.0 Å². The molecule has 3 rings (SSSR count). The second kappa shape index (κ2) is 10.6. The first-order chi connectivity index (χ1) is 16.0. The first-order valence-electron chi connectivity index (χ1n) is 10.8. The molecule has 178 valence electrons. The summed E-state index contributed by atoms with van der Waals surface area (Å²) in [6.07, 6.45) is 4.44. The zero-order valence-electron chi connectivity index (χ0n) is 19.7. The Labute approximate surface area is 200 Å². The lowest BCUT2D eigenvalue weighted by Crippen LogP contribution is -2.35. The Hall–Kier alpha value is -3.52. The van der Waals surface area contributed by atoms with E-state index >= 15 is 0 Å². The van der Waals surface area contributed by atoms with E-state index < -0.39 is 21.8 Å². The van der Waals surface area contributed by atoms with E-state index in [9.17, 15) is 13.2 Å². The Morgan fingerprint density at radius 3 is 2.26 bits per heavy atom. The molecular weight excluding hydrogens is 450 g/mol. The molecular formula is C26H29N3O4S. The van der Waals surface area contributed by atoms with Crippen molar-refractivity contribution in [3.05, 3.63) is 95.3 Å². The lowest BCUT2D eigenvalue weighted by atomic mass is 9.95. The predicted octanol–water partition coefficient (Wildman–Crippen LogP) is 4.47. The molecule has 0 aliphatic carbocycles. The van der Waals surface area contributed by atoms with Crippen LogP contribution < -0.4 is 10.1 Å². The van der Waals surface area contributed by atoms with Crippen LogP contribution in [0.25, 0.3) is 0 Å². The number of sulfone groups is 1. The van der Waals surface area contributed by atoms with Gasteiger partial charge in [-0.3, -0.25) is 4.79 Å². The van der Waals surface area contributed by atoms with Crippen LogP contribution in [0.4, 0.5) is 0 Å². The predicted molar refractivity (Wildman–Crippen MR) is 133 cm³/mol. The maximum atomic E-state index is 13.3. The first-order valence-corrected chi connectivity index (χ1v) is 12.8. The Morgan fingerprint density at radius 2 is 1.68 bits per heavy atom. The lowest BCUT2D eigenvalue weighted by molar-refractivity contribution is 0.0940. The van der Waals surface area contributed by atoms with Crippen LogP contribution in [0.5, 0.6) is 11.6 Å². The number of ether oxygens (including phenoxy) is 1. The molecule has 1 aromatic heterocycles. The molecule has 34 heavy (non-hydrogen) atoms. The average molecular weight is 480 g/mol. The quantitative estimate of drug-likeness (QED) is 0.512. The van der Waals surface area contributed by atoms with E-state index in [2.05, 4.69) is 15.3 Å². The molecule has 2 aromatic carbocycles. The maximum absolute atomic E-state index is 13.3. The molecule has 7 nitrogen and oxygen atoms in total. The van der Waals surface area contributed by atoms with Gasteiger partial charge in [0.05, 0.1) is 6.04 Å². The Kier molecular flexibility index (Phi) is 7.83. The molecule has 0 fully saturated rings. The van der Waals surface area contributed by atoms with E-state index in [1.165, 1.54) is 12.3 Å². The van der Waals surface area contributed by atoms with E-state index in [1.54, 1.807) is 12.1 Å². The summed E-state index contributed by atoms with van der Waals surface area (Å²) in [5.41, 5.74) is 0.756. The molecule has 0 bridgehead atoms. The fourth-order valence-corrected chi connectivity index (χ4v) is 3.56. The van der Waals surface area contributed by atoms with Crippen molar-refractivity contribution in [3.63, 3.8) is 0 Å². The molecule has 3 aromatic rings. The third-order valence-electron chi connectivity index (χ3n) is 4.80. The van der Waals surface area contributed by atoms with Crippen molar-refractivity contribution in [2.75, 3.05) is 6.26 Å². The number of hydrogen-bond donors (Lipinski definition) is 1. The van der Waals surface area contributed by atoms with Crippen molar-refractivity contribution in [3.8, 4) is 11.6 Å². The minimum absolute atomic E-state index is 0.133. The van der Waals surface area contributed by atoms with Crippen LogP contribution in [0.1, 0.15) is 42.5 Å². The highest BCUT2D eigenvalue weighted by molar-refractivity contribution is 7.93. The van der Waals surface area contributed by atoms with Gasteiger partial charge in [0.25, 0.3) is 5.91 Å². The Balaban J connectivity index is 1.93. The minimum Gasteiger partial charge on any atom is -0.438 e. The number of benzene rings is 2. The maximum Gasteiger partial charge on any atom is 0.258 e. The molecule has 1 amide bonds. The zero-order valence-corrected chi connectivity index (χ0v) is 20.5. The van der Waals surface area contributed by atoms with Gasteiger partial charge in [-0.15, -0.1) is 0 Å². The highest BCUT2D eigenvalue weighted by Crippen LogP contribution is 2.27. The van der Waals surface area contributed by atoms with Crippen LogP contribution >= 0.6 is 0 Å². The molecule has 8 heteroatoms. The number of para-hydroxylation sites is 1. The summed E-state index contributed by atoms with van der Waals surface area (Å²) in [4.78, 5) is 22.2. The number of hydrogen-bond acceptors (Lipinski definition) is 6. The van der Waals surface area contributed by atoms with Crippen LogP contribution in [-0.2, 0) is 21.7 Å². The largest absolute Gasteiger partial charge is 0.438 e. The lowest BCUT2D eigenvalue weighted by Gasteiger charge is -2.20. The second-order valence-corrected chi connectivity index (χ2v) is 10.9. The number of amides is 1. The molecule has 1 N–H and O–H groups in total. The number of nitrogens with zero attached hydrogens (tertiary/aromatic N) is 2. The molecule has 1 heterocycles. The van der Waals surface area contributed by atoms with Gasteiger partial charge in [0.15, 0.2) is 9.84 Å². The Morgan fingerprint density at radius 1 is 1.06 bits per heavy atom. The number of aromatic nitrogens is 2. The van der Waals surface area contributed by atoms with Crippen LogP contribution in [0.3, 0.4) is 0 Å². The molecule has 0 spiro atoms.